The van der Waals surface area contributed by atoms with E-state index in [2.05, 4.69) is 19.2 Å². The van der Waals surface area contributed by atoms with Gasteiger partial charge in [-0.2, -0.15) is 0 Å². The summed E-state index contributed by atoms with van der Waals surface area (Å²) >= 11 is 12.8. The highest BCUT2D eigenvalue weighted by molar-refractivity contribution is 6.33. The molecule has 1 aliphatic heterocycles. The Balaban J connectivity index is 2.05. The number of fused-ring (bicyclic) bond motifs is 1. The van der Waals surface area contributed by atoms with Crippen LogP contribution in [0, 0.1) is 5.41 Å². The number of benzene rings is 2. The second-order valence-electron chi connectivity index (χ2n) is 8.43. The number of hydrogen-bond acceptors (Lipinski definition) is 3. The van der Waals surface area contributed by atoms with Crippen molar-refractivity contribution in [3.63, 3.8) is 0 Å². The summed E-state index contributed by atoms with van der Waals surface area (Å²) in [4.78, 5) is 27.9. The first-order valence-electron chi connectivity index (χ1n) is 9.55. The van der Waals surface area contributed by atoms with Gasteiger partial charge in [0.2, 0.25) is 5.91 Å². The number of amides is 1. The van der Waals surface area contributed by atoms with E-state index in [1.165, 1.54) is 6.92 Å². The van der Waals surface area contributed by atoms with Crippen LogP contribution in [0.25, 0.3) is 0 Å². The lowest BCUT2D eigenvalue weighted by atomic mass is 9.73. The first kappa shape index (κ1) is 20.0. The Hall–Kier alpha value is -2.30. The molecule has 0 spiro atoms. The fraction of sp³-hybridized carbons (Fsp3) is 0.304. The summed E-state index contributed by atoms with van der Waals surface area (Å²) in [6.07, 6.45) is 1.10. The van der Waals surface area contributed by atoms with Crippen LogP contribution in [0.3, 0.4) is 0 Å². The average Bonchev–Trinajstić information content (AvgIpc) is 2.76. The zero-order valence-corrected chi connectivity index (χ0v) is 18.1. The molecule has 1 amide bonds. The summed E-state index contributed by atoms with van der Waals surface area (Å²) in [5.41, 5.74) is 3.39. The Morgan fingerprint density at radius 1 is 1.14 bits per heavy atom. The molecule has 2 aliphatic rings. The lowest BCUT2D eigenvalue weighted by Gasteiger charge is -2.37. The van der Waals surface area contributed by atoms with E-state index < -0.39 is 6.04 Å². The number of anilines is 2. The molecule has 1 unspecified atom stereocenters. The molecule has 6 heteroatoms. The minimum absolute atomic E-state index is 0.0175. The van der Waals surface area contributed by atoms with E-state index in [1.807, 2.05) is 24.3 Å². The maximum atomic E-state index is 13.4. The summed E-state index contributed by atoms with van der Waals surface area (Å²) in [7, 11) is 0. The zero-order valence-electron chi connectivity index (χ0n) is 16.6. The molecule has 4 rings (SSSR count). The Morgan fingerprint density at radius 2 is 1.86 bits per heavy atom. The number of para-hydroxylation sites is 2. The summed E-state index contributed by atoms with van der Waals surface area (Å²) in [6, 6.07) is 12.1. The number of carbonyl (C=O) groups is 2. The van der Waals surface area contributed by atoms with E-state index >= 15 is 0 Å². The molecule has 0 bridgehead atoms. The van der Waals surface area contributed by atoms with E-state index in [0.29, 0.717) is 39.7 Å². The van der Waals surface area contributed by atoms with Gasteiger partial charge in [0, 0.05) is 34.7 Å². The third kappa shape index (κ3) is 3.56. The van der Waals surface area contributed by atoms with Crippen LogP contribution >= 0.6 is 23.2 Å². The highest BCUT2D eigenvalue weighted by Gasteiger charge is 2.43. The number of allylic oxidation sites excluding steroid dienone is 1. The number of hydrogen-bond donors (Lipinski definition) is 1. The first-order chi connectivity index (χ1) is 13.7. The van der Waals surface area contributed by atoms with Crippen molar-refractivity contribution in [2.45, 2.75) is 39.7 Å². The molecular formula is C23H22Cl2N2O2. The number of halogens is 2. The summed E-state index contributed by atoms with van der Waals surface area (Å²) in [6.45, 7) is 5.67. The molecule has 4 nitrogen and oxygen atoms in total. The van der Waals surface area contributed by atoms with Gasteiger partial charge in [0.25, 0.3) is 0 Å². The first-order valence-corrected chi connectivity index (χ1v) is 10.3. The van der Waals surface area contributed by atoms with Crippen LogP contribution in [0.2, 0.25) is 10.0 Å². The minimum Gasteiger partial charge on any atom is -0.357 e. The smallest absolute Gasteiger partial charge is 0.224 e. The van der Waals surface area contributed by atoms with Crippen molar-refractivity contribution >= 4 is 46.3 Å². The molecule has 1 atom stereocenters. The van der Waals surface area contributed by atoms with Crippen molar-refractivity contribution in [3.05, 3.63) is 69.3 Å². The summed E-state index contributed by atoms with van der Waals surface area (Å²) in [5, 5.41) is 4.43. The molecule has 1 aliphatic carbocycles. The number of nitrogens with one attached hydrogen (secondary N) is 1. The van der Waals surface area contributed by atoms with Gasteiger partial charge in [0.1, 0.15) is 0 Å². The molecule has 0 saturated carbocycles. The van der Waals surface area contributed by atoms with Crippen LogP contribution in [0.1, 0.15) is 45.2 Å². The van der Waals surface area contributed by atoms with Crippen LogP contribution in [-0.4, -0.2) is 11.7 Å². The van der Waals surface area contributed by atoms with E-state index in [4.69, 9.17) is 23.2 Å². The highest BCUT2D eigenvalue weighted by atomic mass is 35.5. The quantitative estimate of drug-likeness (QED) is 0.591. The number of ketones is 1. The molecule has 0 saturated heterocycles. The lowest BCUT2D eigenvalue weighted by molar-refractivity contribution is -0.118. The van der Waals surface area contributed by atoms with Gasteiger partial charge in [-0.15, -0.1) is 0 Å². The van der Waals surface area contributed by atoms with Crippen molar-refractivity contribution in [1.29, 1.82) is 0 Å². The molecule has 0 fully saturated rings. The second kappa shape index (κ2) is 7.19. The SMILES string of the molecule is CC(=O)N1c2ccccc2NC2=C(C(=O)CC(C)(C)C2)C1c1cc(Cl)ccc1Cl. The van der Waals surface area contributed by atoms with Crippen molar-refractivity contribution in [3.8, 4) is 0 Å². The molecule has 29 heavy (non-hydrogen) atoms. The Kier molecular flexibility index (Phi) is 4.96. The second-order valence-corrected chi connectivity index (χ2v) is 9.28. The molecule has 0 aromatic heterocycles. The molecular weight excluding hydrogens is 407 g/mol. The van der Waals surface area contributed by atoms with Gasteiger partial charge in [-0.3, -0.25) is 14.5 Å². The number of carbonyl (C=O) groups excluding carboxylic acids is 2. The van der Waals surface area contributed by atoms with Gasteiger partial charge in [-0.1, -0.05) is 49.2 Å². The molecule has 0 radical (unpaired) electrons. The van der Waals surface area contributed by atoms with Crippen molar-refractivity contribution in [2.24, 2.45) is 5.41 Å². The van der Waals surface area contributed by atoms with Crippen molar-refractivity contribution in [2.75, 3.05) is 10.2 Å². The Morgan fingerprint density at radius 3 is 2.59 bits per heavy atom. The van der Waals surface area contributed by atoms with Gasteiger partial charge in [-0.25, -0.2) is 0 Å². The Bertz CT molecular complexity index is 1060. The van der Waals surface area contributed by atoms with E-state index in [1.54, 1.807) is 23.1 Å². The van der Waals surface area contributed by atoms with Crippen molar-refractivity contribution in [1.82, 2.24) is 0 Å². The van der Waals surface area contributed by atoms with E-state index in [0.717, 1.165) is 11.4 Å². The fourth-order valence-electron chi connectivity index (χ4n) is 4.35. The standard InChI is InChI=1S/C23H22Cl2N2O2/c1-13(28)27-19-7-5-4-6-17(19)26-18-11-23(2,3)12-20(29)21(18)22(27)15-10-14(24)8-9-16(15)25/h4-10,22,26H,11-12H2,1-3H3. The van der Waals surface area contributed by atoms with Crippen LogP contribution < -0.4 is 10.2 Å². The van der Waals surface area contributed by atoms with Gasteiger partial charge in [-0.05, 0) is 47.7 Å². The van der Waals surface area contributed by atoms with Gasteiger partial charge < -0.3 is 5.32 Å². The van der Waals surface area contributed by atoms with Crippen LogP contribution in [0.15, 0.2) is 53.7 Å². The fourth-order valence-corrected chi connectivity index (χ4v) is 4.76. The molecule has 1 heterocycles. The van der Waals surface area contributed by atoms with Gasteiger partial charge >= 0.3 is 0 Å². The van der Waals surface area contributed by atoms with Crippen LogP contribution in [0.4, 0.5) is 11.4 Å². The Labute approximate surface area is 180 Å². The third-order valence-electron chi connectivity index (χ3n) is 5.49. The molecule has 150 valence electrons. The predicted molar refractivity (Wildman–Crippen MR) is 117 cm³/mol. The number of rotatable bonds is 1. The predicted octanol–water partition coefficient (Wildman–Crippen LogP) is 6.16. The normalized spacial score (nSPS) is 20.5. The van der Waals surface area contributed by atoms with E-state index in [9.17, 15) is 9.59 Å². The van der Waals surface area contributed by atoms with E-state index in [-0.39, 0.29) is 17.1 Å². The molecule has 2 aromatic rings. The number of Topliss-reactive ketones (excluding diaryl/α,β-unsaturated/α-hetero) is 1. The van der Waals surface area contributed by atoms with Gasteiger partial charge in [0.05, 0.1) is 17.4 Å². The third-order valence-corrected chi connectivity index (χ3v) is 6.07. The highest BCUT2D eigenvalue weighted by Crippen LogP contribution is 2.49. The van der Waals surface area contributed by atoms with Crippen LogP contribution in [0.5, 0.6) is 0 Å². The maximum Gasteiger partial charge on any atom is 0.224 e. The lowest BCUT2D eigenvalue weighted by Crippen LogP contribution is -2.38. The maximum absolute atomic E-state index is 13.4. The minimum atomic E-state index is -0.645. The zero-order chi connectivity index (χ0) is 20.9. The summed E-state index contributed by atoms with van der Waals surface area (Å²) in [5.74, 6) is -0.157. The number of nitrogens with zero attached hydrogens (tertiary/aromatic N) is 1. The van der Waals surface area contributed by atoms with Crippen molar-refractivity contribution < 1.29 is 9.59 Å². The average molecular weight is 429 g/mol. The monoisotopic (exact) mass is 428 g/mol. The molecule has 2 aromatic carbocycles. The van der Waals surface area contributed by atoms with Gasteiger partial charge in [0.15, 0.2) is 5.78 Å². The molecule has 1 N–H and O–H groups in total. The van der Waals surface area contributed by atoms with Crippen LogP contribution in [-0.2, 0) is 9.59 Å². The summed E-state index contributed by atoms with van der Waals surface area (Å²) < 4.78 is 0. The largest absolute Gasteiger partial charge is 0.357 e. The topological polar surface area (TPSA) is 49.4 Å².